The highest BCUT2D eigenvalue weighted by molar-refractivity contribution is 9.10. The third-order valence-corrected chi connectivity index (χ3v) is 2.25. The van der Waals surface area contributed by atoms with E-state index in [2.05, 4.69) is 21.4 Å². The molecule has 0 radical (unpaired) electrons. The minimum Gasteiger partial charge on any atom is -0.377 e. The lowest BCUT2D eigenvalue weighted by Gasteiger charge is -2.10. The molecule has 4 nitrogen and oxygen atoms in total. The van der Waals surface area contributed by atoms with Crippen molar-refractivity contribution in [2.24, 2.45) is 0 Å². The highest BCUT2D eigenvalue weighted by atomic mass is 79.9. The normalized spacial score (nSPS) is 10.2. The maximum atomic E-state index is 7.82. The third-order valence-electron chi connectivity index (χ3n) is 1.81. The van der Waals surface area contributed by atoms with Crippen LogP contribution in [-0.4, -0.2) is 18.3 Å². The minimum absolute atomic E-state index is 0.421. The number of ether oxygens (including phenoxy) is 1. The number of rotatable bonds is 4. The van der Waals surface area contributed by atoms with Crippen molar-refractivity contribution in [3.05, 3.63) is 27.8 Å². The Labute approximate surface area is 91.5 Å². The van der Waals surface area contributed by atoms with E-state index in [4.69, 9.17) is 10.1 Å². The van der Waals surface area contributed by atoms with E-state index in [0.717, 1.165) is 10.0 Å². The standard InChI is InChI=1S/C9H14BrN3O/c1-3-14-6-7-4-8(10)5-13(12-2)9(7)11/h4-5,11-12H,3,6H2,1-2H3. The first-order valence-corrected chi connectivity index (χ1v) is 5.19. The Balaban J connectivity index is 3.03. The van der Waals surface area contributed by atoms with E-state index in [1.807, 2.05) is 13.0 Å². The van der Waals surface area contributed by atoms with Crippen LogP contribution in [0, 0.1) is 5.41 Å². The first kappa shape index (κ1) is 11.3. The van der Waals surface area contributed by atoms with E-state index < -0.39 is 0 Å². The first-order chi connectivity index (χ1) is 6.69. The number of hydrogen-bond acceptors (Lipinski definition) is 3. The van der Waals surface area contributed by atoms with E-state index in [9.17, 15) is 0 Å². The summed E-state index contributed by atoms with van der Waals surface area (Å²) in [4.78, 5) is 0. The Kier molecular flexibility index (Phi) is 4.16. The molecule has 0 fully saturated rings. The third kappa shape index (κ3) is 2.59. The van der Waals surface area contributed by atoms with Crippen LogP contribution in [0.2, 0.25) is 0 Å². The van der Waals surface area contributed by atoms with Crippen LogP contribution in [0.25, 0.3) is 0 Å². The van der Waals surface area contributed by atoms with Crippen LogP contribution in [-0.2, 0) is 11.3 Å². The average Bonchev–Trinajstić information content (AvgIpc) is 2.18. The smallest absolute Gasteiger partial charge is 0.149 e. The highest BCUT2D eigenvalue weighted by Crippen LogP contribution is 2.08. The Morgan fingerprint density at radius 3 is 2.93 bits per heavy atom. The summed E-state index contributed by atoms with van der Waals surface area (Å²) in [7, 11) is 1.77. The van der Waals surface area contributed by atoms with Gasteiger partial charge in [0.25, 0.3) is 0 Å². The molecule has 0 aromatic carbocycles. The quantitative estimate of drug-likeness (QED) is 0.860. The zero-order valence-electron chi connectivity index (χ0n) is 8.30. The largest absolute Gasteiger partial charge is 0.377 e. The van der Waals surface area contributed by atoms with Crippen LogP contribution in [0.3, 0.4) is 0 Å². The van der Waals surface area contributed by atoms with Gasteiger partial charge in [0.05, 0.1) is 6.61 Å². The molecule has 0 saturated heterocycles. The van der Waals surface area contributed by atoms with Gasteiger partial charge in [-0.3, -0.25) is 5.41 Å². The molecule has 0 bridgehead atoms. The second-order valence-electron chi connectivity index (χ2n) is 2.76. The second kappa shape index (κ2) is 5.17. The number of pyridine rings is 1. The molecule has 0 atom stereocenters. The van der Waals surface area contributed by atoms with Gasteiger partial charge in [-0.25, -0.2) is 4.68 Å². The van der Waals surface area contributed by atoms with Crippen molar-refractivity contribution in [2.45, 2.75) is 13.5 Å². The molecule has 1 aromatic heterocycles. The Bertz CT molecular complexity index is 362. The van der Waals surface area contributed by atoms with Crippen LogP contribution in [0.1, 0.15) is 12.5 Å². The Morgan fingerprint density at radius 2 is 2.36 bits per heavy atom. The van der Waals surface area contributed by atoms with Gasteiger partial charge in [0.1, 0.15) is 5.49 Å². The molecule has 0 spiro atoms. The van der Waals surface area contributed by atoms with Crippen LogP contribution in [0.15, 0.2) is 16.7 Å². The number of hydrogen-bond donors (Lipinski definition) is 2. The van der Waals surface area contributed by atoms with Gasteiger partial charge in [-0.15, -0.1) is 0 Å². The highest BCUT2D eigenvalue weighted by Gasteiger charge is 2.01. The minimum atomic E-state index is 0.421. The van der Waals surface area contributed by atoms with Gasteiger partial charge in [-0.05, 0) is 28.9 Å². The van der Waals surface area contributed by atoms with Gasteiger partial charge >= 0.3 is 0 Å². The topological polar surface area (TPSA) is 50.0 Å². The van der Waals surface area contributed by atoms with Crippen LogP contribution in [0.4, 0.5) is 0 Å². The fourth-order valence-electron chi connectivity index (χ4n) is 1.11. The van der Waals surface area contributed by atoms with Crippen LogP contribution in [0.5, 0.6) is 0 Å². The van der Waals surface area contributed by atoms with Crippen molar-refractivity contribution in [3.63, 3.8) is 0 Å². The van der Waals surface area contributed by atoms with Gasteiger partial charge in [-0.2, -0.15) is 0 Å². The monoisotopic (exact) mass is 259 g/mol. The van der Waals surface area contributed by atoms with Gasteiger partial charge in [0.15, 0.2) is 0 Å². The molecule has 1 rings (SSSR count). The zero-order chi connectivity index (χ0) is 10.6. The van der Waals surface area contributed by atoms with E-state index in [1.54, 1.807) is 17.9 Å². The molecular weight excluding hydrogens is 246 g/mol. The number of nitrogens with one attached hydrogen (secondary N) is 2. The molecule has 0 unspecified atom stereocenters. The molecule has 1 aromatic rings. The van der Waals surface area contributed by atoms with Crippen molar-refractivity contribution >= 4 is 15.9 Å². The molecule has 2 N–H and O–H groups in total. The lowest BCUT2D eigenvalue weighted by atomic mass is 10.3. The van der Waals surface area contributed by atoms with Gasteiger partial charge in [-0.1, -0.05) is 0 Å². The summed E-state index contributed by atoms with van der Waals surface area (Å²) < 4.78 is 7.84. The molecule has 78 valence electrons. The fraction of sp³-hybridized carbons (Fsp3) is 0.444. The van der Waals surface area contributed by atoms with Crippen LogP contribution < -0.4 is 10.9 Å². The summed E-state index contributed by atoms with van der Waals surface area (Å²) in [6.45, 7) is 3.07. The molecule has 0 amide bonds. The van der Waals surface area contributed by atoms with E-state index in [-0.39, 0.29) is 0 Å². The second-order valence-corrected chi connectivity index (χ2v) is 3.68. The summed E-state index contributed by atoms with van der Waals surface area (Å²) in [6.07, 6.45) is 1.80. The van der Waals surface area contributed by atoms with Crippen molar-refractivity contribution in [1.82, 2.24) is 4.68 Å². The summed E-state index contributed by atoms with van der Waals surface area (Å²) in [5.41, 5.74) is 4.17. The maximum Gasteiger partial charge on any atom is 0.149 e. The lowest BCUT2D eigenvalue weighted by molar-refractivity contribution is 0.132. The number of halogens is 1. The predicted molar refractivity (Wildman–Crippen MR) is 58.6 cm³/mol. The summed E-state index contributed by atoms with van der Waals surface area (Å²) in [5, 5.41) is 7.82. The van der Waals surface area contributed by atoms with Gasteiger partial charge < -0.3 is 10.2 Å². The van der Waals surface area contributed by atoms with E-state index in [0.29, 0.717) is 18.7 Å². The number of nitrogens with zero attached hydrogens (tertiary/aromatic N) is 1. The molecule has 0 aliphatic rings. The molecule has 0 saturated carbocycles. The van der Waals surface area contributed by atoms with Crippen molar-refractivity contribution in [3.8, 4) is 0 Å². The SMILES string of the molecule is CCOCc1cc(Br)cn(NC)c1=N. The fourth-order valence-corrected chi connectivity index (χ4v) is 1.59. The zero-order valence-corrected chi connectivity index (χ0v) is 9.89. The molecule has 1 heterocycles. The summed E-state index contributed by atoms with van der Waals surface area (Å²) in [5.74, 6) is 0. The van der Waals surface area contributed by atoms with Crippen molar-refractivity contribution < 1.29 is 4.74 Å². The van der Waals surface area contributed by atoms with E-state index >= 15 is 0 Å². The van der Waals surface area contributed by atoms with Crippen molar-refractivity contribution in [1.29, 1.82) is 5.41 Å². The maximum absolute atomic E-state index is 7.82. The molecular formula is C9H14BrN3O. The van der Waals surface area contributed by atoms with Gasteiger partial charge in [0.2, 0.25) is 0 Å². The molecule has 0 aliphatic carbocycles. The Hall–Kier alpha value is -0.810. The van der Waals surface area contributed by atoms with Crippen molar-refractivity contribution in [2.75, 3.05) is 19.1 Å². The van der Waals surface area contributed by atoms with E-state index in [1.165, 1.54) is 0 Å². The lowest BCUT2D eigenvalue weighted by Crippen LogP contribution is -2.29. The summed E-state index contributed by atoms with van der Waals surface area (Å²) in [6, 6.07) is 1.89. The van der Waals surface area contributed by atoms with Gasteiger partial charge in [0, 0.05) is 29.9 Å². The first-order valence-electron chi connectivity index (χ1n) is 4.40. The molecule has 5 heteroatoms. The molecule has 0 aliphatic heterocycles. The Morgan fingerprint density at radius 1 is 1.64 bits per heavy atom. The predicted octanol–water partition coefficient (Wildman–Crippen LogP) is 1.44. The average molecular weight is 260 g/mol. The van der Waals surface area contributed by atoms with Crippen LogP contribution >= 0.6 is 15.9 Å². The number of aromatic nitrogens is 1. The molecule has 14 heavy (non-hydrogen) atoms. The summed E-state index contributed by atoms with van der Waals surface area (Å²) >= 11 is 3.38.